The summed E-state index contributed by atoms with van der Waals surface area (Å²) in [5.74, 6) is 1.99. The fourth-order valence-corrected chi connectivity index (χ4v) is 5.22. The molecule has 2 fully saturated rings. The van der Waals surface area contributed by atoms with Crippen LogP contribution in [0.15, 0.2) is 4.90 Å². The quantitative estimate of drug-likeness (QED) is 0.668. The van der Waals surface area contributed by atoms with Crippen molar-refractivity contribution in [1.29, 1.82) is 0 Å². The van der Waals surface area contributed by atoms with E-state index in [0.717, 1.165) is 47.3 Å². The average molecular weight is 325 g/mol. The summed E-state index contributed by atoms with van der Waals surface area (Å²) in [5.41, 5.74) is 7.02. The van der Waals surface area contributed by atoms with E-state index in [1.807, 2.05) is 0 Å². The van der Waals surface area contributed by atoms with Crippen molar-refractivity contribution < 1.29 is 4.79 Å². The first-order chi connectivity index (χ1) is 10.0. The van der Waals surface area contributed by atoms with Gasteiger partial charge in [-0.25, -0.2) is 0 Å². The minimum atomic E-state index is 0.244. The van der Waals surface area contributed by atoms with E-state index in [4.69, 9.17) is 5.73 Å². The molecule has 3 rings (SSSR count). The zero-order chi connectivity index (χ0) is 15.1. The van der Waals surface area contributed by atoms with Crippen molar-refractivity contribution in [3.63, 3.8) is 0 Å². The molecule has 2 heterocycles. The summed E-state index contributed by atoms with van der Waals surface area (Å²) in [5, 5.41) is 1.22. The Morgan fingerprint density at radius 3 is 2.57 bits per heavy atom. The van der Waals surface area contributed by atoms with Gasteiger partial charge in [0.2, 0.25) is 0 Å². The molecule has 0 spiro atoms. The maximum absolute atomic E-state index is 12.4. The molecule has 1 aromatic rings. The van der Waals surface area contributed by atoms with Gasteiger partial charge in [-0.15, -0.1) is 23.1 Å². The Morgan fingerprint density at radius 1 is 1.29 bits per heavy atom. The van der Waals surface area contributed by atoms with Gasteiger partial charge < -0.3 is 10.6 Å². The lowest BCUT2D eigenvalue weighted by Crippen LogP contribution is -2.38. The van der Waals surface area contributed by atoms with E-state index >= 15 is 0 Å². The van der Waals surface area contributed by atoms with Gasteiger partial charge in [0.1, 0.15) is 5.00 Å². The van der Waals surface area contributed by atoms with Gasteiger partial charge >= 0.3 is 0 Å². The molecule has 1 aliphatic carbocycles. The number of thiophene rings is 1. The average Bonchev–Trinajstić information content (AvgIpc) is 3.25. The number of rotatable bonds is 4. The smallest absolute Gasteiger partial charge is 0.178 e. The highest BCUT2D eigenvalue weighted by atomic mass is 32.2. The van der Waals surface area contributed by atoms with Crippen molar-refractivity contribution in [1.82, 2.24) is 0 Å². The van der Waals surface area contributed by atoms with E-state index < -0.39 is 0 Å². The van der Waals surface area contributed by atoms with Crippen molar-refractivity contribution in [3.05, 3.63) is 4.88 Å². The molecule has 0 bridgehead atoms. The first-order valence-electron chi connectivity index (χ1n) is 7.78. The van der Waals surface area contributed by atoms with Crippen LogP contribution in [-0.4, -0.2) is 25.1 Å². The Labute approximate surface area is 135 Å². The Hall–Kier alpha value is -0.680. The normalized spacial score (nSPS) is 26.1. The molecule has 0 radical (unpaired) electrons. The molecule has 2 aliphatic rings. The largest absolute Gasteiger partial charge is 0.396 e. The number of carbonyl (C=O) groups is 1. The number of piperidine rings is 1. The second-order valence-electron chi connectivity index (χ2n) is 6.51. The number of carbonyl (C=O) groups excluding carboxylic acids is 1. The molecule has 21 heavy (non-hydrogen) atoms. The Morgan fingerprint density at radius 2 is 2.00 bits per heavy atom. The fourth-order valence-electron chi connectivity index (χ4n) is 2.98. The molecule has 2 unspecified atom stereocenters. The number of hydrogen-bond acceptors (Lipinski definition) is 5. The molecule has 2 N–H and O–H groups in total. The van der Waals surface area contributed by atoms with Crippen molar-refractivity contribution in [2.45, 2.75) is 38.0 Å². The van der Waals surface area contributed by atoms with Crippen LogP contribution in [0.5, 0.6) is 0 Å². The van der Waals surface area contributed by atoms with Gasteiger partial charge in [-0.2, -0.15) is 0 Å². The molecule has 1 aromatic heterocycles. The van der Waals surface area contributed by atoms with E-state index in [2.05, 4.69) is 25.0 Å². The molecule has 1 saturated heterocycles. The zero-order valence-corrected chi connectivity index (χ0v) is 14.6. The summed E-state index contributed by atoms with van der Waals surface area (Å²) >= 11 is 3.31. The highest BCUT2D eigenvalue weighted by molar-refractivity contribution is 7.99. The third-order valence-corrected chi connectivity index (χ3v) is 7.11. The molecule has 116 valence electrons. The zero-order valence-electron chi connectivity index (χ0n) is 13.0. The van der Waals surface area contributed by atoms with Crippen LogP contribution < -0.4 is 10.6 Å². The second-order valence-corrected chi connectivity index (χ2v) is 8.33. The van der Waals surface area contributed by atoms with Crippen molar-refractivity contribution in [2.24, 2.45) is 17.8 Å². The molecule has 5 heteroatoms. The van der Waals surface area contributed by atoms with Gasteiger partial charge in [-0.3, -0.25) is 4.79 Å². The fraction of sp³-hybridized carbons (Fsp3) is 0.688. The van der Waals surface area contributed by atoms with Gasteiger partial charge in [0, 0.05) is 19.0 Å². The summed E-state index contributed by atoms with van der Waals surface area (Å²) in [6.07, 6.45) is 5.36. The summed E-state index contributed by atoms with van der Waals surface area (Å²) in [6, 6.07) is 0. The van der Waals surface area contributed by atoms with Crippen molar-refractivity contribution in [3.8, 4) is 0 Å². The highest BCUT2D eigenvalue weighted by Gasteiger charge is 2.35. The lowest BCUT2D eigenvalue weighted by molar-refractivity contribution is 0.0972. The third kappa shape index (κ3) is 2.82. The number of nitrogens with zero attached hydrogens (tertiary/aromatic N) is 1. The molecule has 1 aliphatic heterocycles. The van der Waals surface area contributed by atoms with E-state index in [1.54, 1.807) is 23.1 Å². The topological polar surface area (TPSA) is 46.3 Å². The highest BCUT2D eigenvalue weighted by Crippen LogP contribution is 2.47. The number of Topliss-reactive ketones (excluding diaryl/α,β-unsaturated/α-hetero) is 1. The Balaban J connectivity index is 1.90. The predicted molar refractivity (Wildman–Crippen MR) is 92.7 cm³/mol. The van der Waals surface area contributed by atoms with E-state index in [1.165, 1.54) is 11.4 Å². The van der Waals surface area contributed by atoms with Crippen molar-refractivity contribution in [2.75, 3.05) is 30.0 Å². The molecule has 2 atom stereocenters. The number of thioether (sulfide) groups is 1. The first kappa shape index (κ1) is 15.2. The monoisotopic (exact) mass is 324 g/mol. The standard InChI is InChI=1S/C16H24N2OS2/c1-9-6-7-18(8-10(9)2)16-15(20-3)12(17)14(21-16)13(19)11-4-5-11/h9-11H,4-8,17H2,1-3H3. The van der Waals surface area contributed by atoms with Gasteiger partial charge in [-0.05, 0) is 37.4 Å². The molecule has 0 amide bonds. The Kier molecular flexibility index (Phi) is 4.23. The molecular weight excluding hydrogens is 300 g/mol. The van der Waals surface area contributed by atoms with Crippen molar-refractivity contribution >= 4 is 39.6 Å². The van der Waals surface area contributed by atoms with Gasteiger partial charge in [0.05, 0.1) is 15.5 Å². The summed E-state index contributed by atoms with van der Waals surface area (Å²) in [6.45, 7) is 6.81. The number of anilines is 2. The number of nitrogen functional groups attached to an aromatic ring is 1. The molecule has 1 saturated carbocycles. The number of ketones is 1. The van der Waals surface area contributed by atoms with Crippen LogP contribution in [0, 0.1) is 17.8 Å². The van der Waals surface area contributed by atoms with Gasteiger partial charge in [0.25, 0.3) is 0 Å². The number of nitrogens with two attached hydrogens (primary N) is 1. The maximum Gasteiger partial charge on any atom is 0.178 e. The lowest BCUT2D eigenvalue weighted by atomic mass is 9.89. The predicted octanol–water partition coefficient (Wildman–Crippen LogP) is 4.13. The lowest BCUT2D eigenvalue weighted by Gasteiger charge is -2.36. The minimum absolute atomic E-state index is 0.244. The van der Waals surface area contributed by atoms with Gasteiger partial charge in [-0.1, -0.05) is 13.8 Å². The molecule has 0 aromatic carbocycles. The van der Waals surface area contributed by atoms with Crippen LogP contribution in [0.4, 0.5) is 10.7 Å². The molecular formula is C16H24N2OS2. The van der Waals surface area contributed by atoms with Gasteiger partial charge in [0.15, 0.2) is 5.78 Å². The van der Waals surface area contributed by atoms with E-state index in [-0.39, 0.29) is 11.7 Å². The van der Waals surface area contributed by atoms with Crippen LogP contribution in [0.2, 0.25) is 0 Å². The SMILES string of the molecule is CSc1c(N2CCC(C)C(C)C2)sc(C(=O)C2CC2)c1N. The summed E-state index contributed by atoms with van der Waals surface area (Å²) in [4.78, 5) is 16.8. The van der Waals surface area contributed by atoms with Crippen LogP contribution in [-0.2, 0) is 0 Å². The van der Waals surface area contributed by atoms with Crippen LogP contribution in [0.3, 0.4) is 0 Å². The molecule has 3 nitrogen and oxygen atoms in total. The van der Waals surface area contributed by atoms with Crippen LogP contribution >= 0.6 is 23.1 Å². The summed E-state index contributed by atoms with van der Waals surface area (Å²) < 4.78 is 0. The second kappa shape index (κ2) is 5.84. The Bertz CT molecular complexity index is 551. The van der Waals surface area contributed by atoms with E-state index in [9.17, 15) is 4.79 Å². The maximum atomic E-state index is 12.4. The van der Waals surface area contributed by atoms with E-state index in [0.29, 0.717) is 5.92 Å². The number of hydrogen-bond donors (Lipinski definition) is 1. The third-order valence-electron chi connectivity index (χ3n) is 4.88. The van der Waals surface area contributed by atoms with Crippen LogP contribution in [0.25, 0.3) is 0 Å². The minimum Gasteiger partial charge on any atom is -0.396 e. The summed E-state index contributed by atoms with van der Waals surface area (Å²) in [7, 11) is 0. The van der Waals surface area contributed by atoms with Crippen LogP contribution in [0.1, 0.15) is 42.8 Å². The first-order valence-corrected chi connectivity index (χ1v) is 9.82.